The molecule has 0 bridgehead atoms. The molecule has 0 spiro atoms. The fourth-order valence-corrected chi connectivity index (χ4v) is 3.09. The Kier molecular flexibility index (Phi) is 5.20. The number of aliphatic hydroxyl groups excluding tert-OH is 1. The highest BCUT2D eigenvalue weighted by Crippen LogP contribution is 2.36. The minimum atomic E-state index is 0.0712. The van der Waals surface area contributed by atoms with E-state index in [1.165, 1.54) is 18.4 Å². The smallest absolute Gasteiger partial charge is 0.170 e. The lowest BCUT2D eigenvalue weighted by Gasteiger charge is -2.27. The Bertz CT molecular complexity index is 508. The van der Waals surface area contributed by atoms with Gasteiger partial charge in [0, 0.05) is 30.7 Å². The summed E-state index contributed by atoms with van der Waals surface area (Å²) in [5, 5.41) is 24.8. The van der Waals surface area contributed by atoms with E-state index in [4.69, 9.17) is 10.9 Å². The van der Waals surface area contributed by atoms with E-state index in [-0.39, 0.29) is 17.9 Å². The first-order chi connectivity index (χ1) is 10.1. The van der Waals surface area contributed by atoms with Crippen LogP contribution in [0.1, 0.15) is 42.4 Å². The highest BCUT2D eigenvalue weighted by atomic mass is 16.4. The van der Waals surface area contributed by atoms with E-state index in [1.807, 2.05) is 25.1 Å². The minimum absolute atomic E-state index is 0.0712. The summed E-state index contributed by atoms with van der Waals surface area (Å²) in [6.07, 6.45) is 4.65. The summed E-state index contributed by atoms with van der Waals surface area (Å²) >= 11 is 0. The molecule has 1 aliphatic rings. The molecular formula is C16H25N3O2. The summed E-state index contributed by atoms with van der Waals surface area (Å²) < 4.78 is 0. The molecule has 5 heteroatoms. The van der Waals surface area contributed by atoms with Gasteiger partial charge >= 0.3 is 0 Å². The molecule has 5 nitrogen and oxygen atoms in total. The van der Waals surface area contributed by atoms with Crippen molar-refractivity contribution in [1.82, 2.24) is 5.32 Å². The Morgan fingerprint density at radius 3 is 2.67 bits per heavy atom. The fourth-order valence-electron chi connectivity index (χ4n) is 3.09. The fraction of sp³-hybridized carbons (Fsp3) is 0.562. The molecule has 2 rings (SSSR count). The average molecular weight is 291 g/mol. The first-order valence-electron chi connectivity index (χ1n) is 7.49. The van der Waals surface area contributed by atoms with Gasteiger partial charge in [-0.2, -0.15) is 0 Å². The number of nitrogens with two attached hydrogens (primary N) is 1. The summed E-state index contributed by atoms with van der Waals surface area (Å²) in [4.78, 5) is 0. The van der Waals surface area contributed by atoms with E-state index >= 15 is 0 Å². The molecule has 1 fully saturated rings. The van der Waals surface area contributed by atoms with E-state index in [1.54, 1.807) is 0 Å². The molecule has 5 N–H and O–H groups in total. The van der Waals surface area contributed by atoms with Crippen molar-refractivity contribution in [1.29, 1.82) is 0 Å². The standard InChI is InChI=1S/C16H25N3O2/c1-12-8-13(15(17)19-21)4-5-14(12)9-18-10-16(11-20)6-2-3-7-16/h4-5,8,18,20-21H,2-3,6-7,9-11H2,1H3,(H2,17,19). The monoisotopic (exact) mass is 291 g/mol. The second-order valence-electron chi connectivity index (χ2n) is 6.10. The van der Waals surface area contributed by atoms with Crippen LogP contribution in [0.5, 0.6) is 0 Å². The van der Waals surface area contributed by atoms with Crippen LogP contribution in [0.15, 0.2) is 23.4 Å². The Hall–Kier alpha value is -1.59. The number of nitrogens with one attached hydrogen (secondary N) is 1. The van der Waals surface area contributed by atoms with Gasteiger partial charge in [0.05, 0.1) is 0 Å². The third kappa shape index (κ3) is 3.74. The lowest BCUT2D eigenvalue weighted by molar-refractivity contribution is 0.128. The van der Waals surface area contributed by atoms with Gasteiger partial charge in [0.1, 0.15) is 0 Å². The van der Waals surface area contributed by atoms with E-state index < -0.39 is 0 Å². The molecule has 1 saturated carbocycles. The number of rotatable bonds is 6. The molecule has 116 valence electrons. The largest absolute Gasteiger partial charge is 0.409 e. The molecule has 21 heavy (non-hydrogen) atoms. The summed E-state index contributed by atoms with van der Waals surface area (Å²) in [5.74, 6) is 0.128. The van der Waals surface area contributed by atoms with Crippen LogP contribution < -0.4 is 11.1 Å². The van der Waals surface area contributed by atoms with Gasteiger partial charge < -0.3 is 21.4 Å². The quantitative estimate of drug-likeness (QED) is 0.278. The Morgan fingerprint density at radius 2 is 2.10 bits per heavy atom. The lowest BCUT2D eigenvalue weighted by Crippen LogP contribution is -2.35. The molecule has 0 unspecified atom stereocenters. The molecule has 0 radical (unpaired) electrons. The molecule has 0 atom stereocenters. The zero-order chi connectivity index (χ0) is 15.3. The Balaban J connectivity index is 1.94. The third-order valence-corrected chi connectivity index (χ3v) is 4.56. The van der Waals surface area contributed by atoms with Crippen LogP contribution in [0.3, 0.4) is 0 Å². The minimum Gasteiger partial charge on any atom is -0.409 e. The van der Waals surface area contributed by atoms with Crippen LogP contribution >= 0.6 is 0 Å². The third-order valence-electron chi connectivity index (χ3n) is 4.56. The van der Waals surface area contributed by atoms with Crippen LogP contribution in [0.2, 0.25) is 0 Å². The zero-order valence-corrected chi connectivity index (χ0v) is 12.6. The van der Waals surface area contributed by atoms with E-state index in [2.05, 4.69) is 10.5 Å². The molecule has 0 aromatic heterocycles. The van der Waals surface area contributed by atoms with Crippen molar-refractivity contribution in [3.8, 4) is 0 Å². The number of aliphatic hydroxyl groups is 1. The molecule has 1 aromatic rings. The van der Waals surface area contributed by atoms with Crippen molar-refractivity contribution < 1.29 is 10.3 Å². The van der Waals surface area contributed by atoms with Crippen molar-refractivity contribution >= 4 is 5.84 Å². The molecular weight excluding hydrogens is 266 g/mol. The number of oxime groups is 1. The Labute approximate surface area is 125 Å². The predicted octanol–water partition coefficient (Wildman–Crippen LogP) is 1.73. The maximum Gasteiger partial charge on any atom is 0.170 e. The molecule has 0 saturated heterocycles. The summed E-state index contributed by atoms with van der Waals surface area (Å²) in [6, 6.07) is 5.77. The number of amidine groups is 1. The van der Waals surface area contributed by atoms with Crippen molar-refractivity contribution in [3.63, 3.8) is 0 Å². The first-order valence-corrected chi connectivity index (χ1v) is 7.49. The normalized spacial score (nSPS) is 18.1. The molecule has 1 aromatic carbocycles. The van der Waals surface area contributed by atoms with E-state index in [0.717, 1.165) is 37.1 Å². The van der Waals surface area contributed by atoms with Gasteiger partial charge in [0.25, 0.3) is 0 Å². The molecule has 1 aliphatic carbocycles. The lowest BCUT2D eigenvalue weighted by atomic mass is 9.87. The van der Waals surface area contributed by atoms with Crippen LogP contribution in [0, 0.1) is 12.3 Å². The van der Waals surface area contributed by atoms with Gasteiger partial charge in [0.2, 0.25) is 0 Å². The number of hydrogen-bond donors (Lipinski definition) is 4. The van der Waals surface area contributed by atoms with Gasteiger partial charge in [-0.1, -0.05) is 30.1 Å². The SMILES string of the molecule is Cc1cc(/C(N)=N/O)ccc1CNCC1(CO)CCCC1. The number of hydrogen-bond acceptors (Lipinski definition) is 4. The second-order valence-corrected chi connectivity index (χ2v) is 6.10. The van der Waals surface area contributed by atoms with Crippen LogP contribution in [-0.2, 0) is 6.54 Å². The highest BCUT2D eigenvalue weighted by Gasteiger charge is 2.32. The van der Waals surface area contributed by atoms with Gasteiger partial charge in [-0.25, -0.2) is 0 Å². The van der Waals surface area contributed by atoms with Crippen LogP contribution in [0.25, 0.3) is 0 Å². The maximum atomic E-state index is 9.60. The molecule has 0 aliphatic heterocycles. The number of nitrogens with zero attached hydrogens (tertiary/aromatic N) is 1. The van der Waals surface area contributed by atoms with Crippen LogP contribution in [0.4, 0.5) is 0 Å². The topological polar surface area (TPSA) is 90.9 Å². The van der Waals surface area contributed by atoms with E-state index in [9.17, 15) is 5.11 Å². The molecule has 0 heterocycles. The van der Waals surface area contributed by atoms with Crippen molar-refractivity contribution in [3.05, 3.63) is 34.9 Å². The maximum absolute atomic E-state index is 9.60. The molecule has 0 amide bonds. The average Bonchev–Trinajstić information content (AvgIpc) is 2.97. The first kappa shape index (κ1) is 15.8. The Morgan fingerprint density at radius 1 is 1.38 bits per heavy atom. The van der Waals surface area contributed by atoms with Crippen LogP contribution in [-0.4, -0.2) is 29.3 Å². The van der Waals surface area contributed by atoms with E-state index in [0.29, 0.717) is 0 Å². The van der Waals surface area contributed by atoms with Gasteiger partial charge in [-0.05, 0) is 37.0 Å². The van der Waals surface area contributed by atoms with Crippen molar-refractivity contribution in [2.45, 2.75) is 39.2 Å². The predicted molar refractivity (Wildman–Crippen MR) is 83.4 cm³/mol. The second kappa shape index (κ2) is 6.91. The number of aryl methyl sites for hydroxylation is 1. The van der Waals surface area contributed by atoms with Gasteiger partial charge in [0.15, 0.2) is 5.84 Å². The van der Waals surface area contributed by atoms with Crippen molar-refractivity contribution in [2.75, 3.05) is 13.2 Å². The summed E-state index contributed by atoms with van der Waals surface area (Å²) in [6.45, 7) is 3.90. The zero-order valence-electron chi connectivity index (χ0n) is 12.6. The van der Waals surface area contributed by atoms with Crippen molar-refractivity contribution in [2.24, 2.45) is 16.3 Å². The summed E-state index contributed by atoms with van der Waals surface area (Å²) in [7, 11) is 0. The highest BCUT2D eigenvalue weighted by molar-refractivity contribution is 5.97. The van der Waals surface area contributed by atoms with Gasteiger partial charge in [-0.3, -0.25) is 0 Å². The summed E-state index contributed by atoms with van der Waals surface area (Å²) in [5.41, 5.74) is 8.68. The number of benzene rings is 1. The van der Waals surface area contributed by atoms with Gasteiger partial charge in [-0.15, -0.1) is 0 Å².